The largest absolute Gasteiger partial charge is 0.465 e. The van der Waals surface area contributed by atoms with Gasteiger partial charge in [0.2, 0.25) is 0 Å². The fourth-order valence-electron chi connectivity index (χ4n) is 2.89. The molecule has 1 N–H and O–H groups in total. The third-order valence-corrected chi connectivity index (χ3v) is 3.85. The number of carbonyl (C=O) groups is 1. The summed E-state index contributed by atoms with van der Waals surface area (Å²) in [6, 6.07) is -0.104. The monoisotopic (exact) mass is 255 g/mol. The molecule has 0 aromatic heterocycles. The first kappa shape index (κ1) is 15.5. The second-order valence-electron chi connectivity index (χ2n) is 5.64. The van der Waals surface area contributed by atoms with Gasteiger partial charge in [-0.3, -0.25) is 4.79 Å². The zero-order chi connectivity index (χ0) is 13.4. The van der Waals surface area contributed by atoms with Gasteiger partial charge >= 0.3 is 5.97 Å². The smallest absolute Gasteiger partial charge is 0.323 e. The van der Waals surface area contributed by atoms with Crippen molar-refractivity contribution in [2.75, 3.05) is 13.2 Å². The van der Waals surface area contributed by atoms with Crippen molar-refractivity contribution in [3.05, 3.63) is 0 Å². The molecule has 106 valence electrons. The molecule has 0 radical (unpaired) electrons. The lowest BCUT2D eigenvalue weighted by molar-refractivity contribution is -0.145. The highest BCUT2D eigenvalue weighted by Gasteiger charge is 2.22. The number of nitrogens with one attached hydrogen (secondary N) is 1. The van der Waals surface area contributed by atoms with E-state index in [0.717, 1.165) is 31.2 Å². The fraction of sp³-hybridized carbons (Fsp3) is 0.933. The van der Waals surface area contributed by atoms with Gasteiger partial charge in [-0.25, -0.2) is 0 Å². The topological polar surface area (TPSA) is 38.3 Å². The van der Waals surface area contributed by atoms with Crippen molar-refractivity contribution >= 4 is 5.97 Å². The molecule has 0 aromatic rings. The van der Waals surface area contributed by atoms with Crippen molar-refractivity contribution in [3.63, 3.8) is 0 Å². The number of esters is 1. The molecule has 3 unspecified atom stereocenters. The number of rotatable bonds is 7. The van der Waals surface area contributed by atoms with Crippen molar-refractivity contribution in [3.8, 4) is 0 Å². The predicted molar refractivity (Wildman–Crippen MR) is 74.5 cm³/mol. The molecule has 0 aromatic carbocycles. The zero-order valence-corrected chi connectivity index (χ0v) is 12.2. The Morgan fingerprint density at radius 3 is 2.78 bits per heavy atom. The van der Waals surface area contributed by atoms with E-state index in [0.29, 0.717) is 6.61 Å². The average molecular weight is 255 g/mol. The van der Waals surface area contributed by atoms with Crippen LogP contribution in [0.1, 0.15) is 59.3 Å². The van der Waals surface area contributed by atoms with Crippen molar-refractivity contribution in [2.24, 2.45) is 11.8 Å². The molecule has 1 saturated carbocycles. The molecular formula is C15H29NO2. The van der Waals surface area contributed by atoms with Crippen molar-refractivity contribution in [1.29, 1.82) is 0 Å². The van der Waals surface area contributed by atoms with Crippen LogP contribution in [0.2, 0.25) is 0 Å². The Morgan fingerprint density at radius 2 is 2.17 bits per heavy atom. The molecule has 18 heavy (non-hydrogen) atoms. The molecule has 1 aliphatic rings. The van der Waals surface area contributed by atoms with Gasteiger partial charge in [-0.1, -0.05) is 33.1 Å². The summed E-state index contributed by atoms with van der Waals surface area (Å²) in [4.78, 5) is 11.8. The Balaban J connectivity index is 2.34. The van der Waals surface area contributed by atoms with Crippen LogP contribution in [0.3, 0.4) is 0 Å². The van der Waals surface area contributed by atoms with Gasteiger partial charge in [-0.2, -0.15) is 0 Å². The first-order chi connectivity index (χ1) is 8.67. The molecule has 1 rings (SSSR count). The third kappa shape index (κ3) is 5.38. The van der Waals surface area contributed by atoms with Crippen LogP contribution in [0.25, 0.3) is 0 Å². The van der Waals surface area contributed by atoms with Crippen molar-refractivity contribution in [2.45, 2.75) is 65.3 Å². The first-order valence-electron chi connectivity index (χ1n) is 7.57. The average Bonchev–Trinajstić information content (AvgIpc) is 2.35. The number of carbonyl (C=O) groups excluding carboxylic acids is 1. The minimum atomic E-state index is -0.104. The molecule has 0 saturated heterocycles. The van der Waals surface area contributed by atoms with Crippen LogP contribution in [0.5, 0.6) is 0 Å². The van der Waals surface area contributed by atoms with Gasteiger partial charge in [-0.05, 0) is 44.6 Å². The summed E-state index contributed by atoms with van der Waals surface area (Å²) in [7, 11) is 0. The lowest BCUT2D eigenvalue weighted by Gasteiger charge is -2.28. The zero-order valence-electron chi connectivity index (χ0n) is 12.2. The highest BCUT2D eigenvalue weighted by Crippen LogP contribution is 2.28. The molecule has 0 spiro atoms. The summed E-state index contributed by atoms with van der Waals surface area (Å²) in [5, 5.41) is 3.42. The normalized spacial score (nSPS) is 25.7. The summed E-state index contributed by atoms with van der Waals surface area (Å²) in [5.74, 6) is 1.50. The van der Waals surface area contributed by atoms with E-state index in [2.05, 4.69) is 19.2 Å². The molecule has 3 atom stereocenters. The maximum atomic E-state index is 11.8. The van der Waals surface area contributed by atoms with Crippen LogP contribution in [0.15, 0.2) is 0 Å². The molecular weight excluding hydrogens is 226 g/mol. The molecule has 0 aliphatic heterocycles. The summed E-state index contributed by atoms with van der Waals surface area (Å²) in [6.07, 6.45) is 7.20. The van der Waals surface area contributed by atoms with E-state index in [9.17, 15) is 4.79 Å². The fourth-order valence-corrected chi connectivity index (χ4v) is 2.89. The van der Waals surface area contributed by atoms with Crippen LogP contribution < -0.4 is 5.32 Å². The van der Waals surface area contributed by atoms with E-state index < -0.39 is 0 Å². The van der Waals surface area contributed by atoms with E-state index in [1.165, 1.54) is 25.7 Å². The Hall–Kier alpha value is -0.570. The summed E-state index contributed by atoms with van der Waals surface area (Å²) in [6.45, 7) is 7.75. The molecule has 1 fully saturated rings. The minimum absolute atomic E-state index is 0.0804. The summed E-state index contributed by atoms with van der Waals surface area (Å²) < 4.78 is 5.12. The number of hydrogen-bond acceptors (Lipinski definition) is 3. The SMILES string of the molecule is CCCC(NCC1CCCC(C)C1)C(=O)OCC. The van der Waals surface area contributed by atoms with Gasteiger partial charge in [0, 0.05) is 0 Å². The number of hydrogen-bond donors (Lipinski definition) is 1. The van der Waals surface area contributed by atoms with Crippen LogP contribution in [-0.4, -0.2) is 25.2 Å². The van der Waals surface area contributed by atoms with E-state index in [-0.39, 0.29) is 12.0 Å². The Labute approximate surface area is 112 Å². The highest BCUT2D eigenvalue weighted by atomic mass is 16.5. The van der Waals surface area contributed by atoms with Gasteiger partial charge < -0.3 is 10.1 Å². The second kappa shape index (κ2) is 8.52. The minimum Gasteiger partial charge on any atom is -0.465 e. The standard InChI is InChI=1S/C15H29NO2/c1-4-7-14(15(17)18-5-2)16-11-13-9-6-8-12(3)10-13/h12-14,16H,4-11H2,1-3H3. The van der Waals surface area contributed by atoms with E-state index >= 15 is 0 Å². The van der Waals surface area contributed by atoms with Gasteiger partial charge in [0.15, 0.2) is 0 Å². The maximum Gasteiger partial charge on any atom is 0.323 e. The Bertz CT molecular complexity index is 243. The molecule has 0 bridgehead atoms. The van der Waals surface area contributed by atoms with Crippen LogP contribution >= 0.6 is 0 Å². The van der Waals surface area contributed by atoms with Crippen LogP contribution in [-0.2, 0) is 9.53 Å². The third-order valence-electron chi connectivity index (χ3n) is 3.85. The molecule has 0 heterocycles. The van der Waals surface area contributed by atoms with E-state index in [4.69, 9.17) is 4.74 Å². The summed E-state index contributed by atoms with van der Waals surface area (Å²) in [5.41, 5.74) is 0. The number of ether oxygens (including phenoxy) is 1. The lowest BCUT2D eigenvalue weighted by Crippen LogP contribution is -2.41. The first-order valence-corrected chi connectivity index (χ1v) is 7.57. The molecule has 1 aliphatic carbocycles. The van der Waals surface area contributed by atoms with E-state index in [1.807, 2.05) is 6.92 Å². The Morgan fingerprint density at radius 1 is 1.39 bits per heavy atom. The predicted octanol–water partition coefficient (Wildman–Crippen LogP) is 3.13. The van der Waals surface area contributed by atoms with E-state index in [1.54, 1.807) is 0 Å². The maximum absolute atomic E-state index is 11.8. The van der Waals surface area contributed by atoms with Gasteiger partial charge in [0.05, 0.1) is 6.61 Å². The van der Waals surface area contributed by atoms with Gasteiger partial charge in [0.1, 0.15) is 6.04 Å². The second-order valence-corrected chi connectivity index (χ2v) is 5.64. The highest BCUT2D eigenvalue weighted by molar-refractivity contribution is 5.75. The van der Waals surface area contributed by atoms with Crippen LogP contribution in [0, 0.1) is 11.8 Å². The van der Waals surface area contributed by atoms with Gasteiger partial charge in [0.25, 0.3) is 0 Å². The Kier molecular flexibility index (Phi) is 7.33. The quantitative estimate of drug-likeness (QED) is 0.710. The molecule has 3 heteroatoms. The molecule has 0 amide bonds. The van der Waals surface area contributed by atoms with Gasteiger partial charge in [-0.15, -0.1) is 0 Å². The lowest BCUT2D eigenvalue weighted by atomic mass is 9.82. The summed E-state index contributed by atoms with van der Waals surface area (Å²) >= 11 is 0. The van der Waals surface area contributed by atoms with Crippen molar-refractivity contribution in [1.82, 2.24) is 5.32 Å². The van der Waals surface area contributed by atoms with Crippen LogP contribution in [0.4, 0.5) is 0 Å². The molecule has 3 nitrogen and oxygen atoms in total. The van der Waals surface area contributed by atoms with Crippen molar-refractivity contribution < 1.29 is 9.53 Å².